The van der Waals surface area contributed by atoms with Crippen LogP contribution < -0.4 is 11.1 Å². The molecule has 0 saturated carbocycles. The van der Waals surface area contributed by atoms with Gasteiger partial charge in [0, 0.05) is 6.54 Å². The van der Waals surface area contributed by atoms with Crippen molar-refractivity contribution in [1.82, 2.24) is 5.32 Å². The molecule has 0 spiro atoms. The lowest BCUT2D eigenvalue weighted by Crippen LogP contribution is -2.34. The lowest BCUT2D eigenvalue weighted by molar-refractivity contribution is -0.137. The molecule has 1 rings (SSSR count). The van der Waals surface area contributed by atoms with Gasteiger partial charge >= 0.3 is 12.3 Å². The first kappa shape index (κ1) is 15.3. The molecule has 0 radical (unpaired) electrons. The van der Waals surface area contributed by atoms with Gasteiger partial charge in [0.25, 0.3) is 0 Å². The number of hydrogen-bond donors (Lipinski definition) is 2. The Morgan fingerprint density at radius 2 is 2.16 bits per heavy atom. The fraction of sp³-hybridized carbons (Fsp3) is 0.417. The summed E-state index contributed by atoms with van der Waals surface area (Å²) in [5.74, 6) is 0. The van der Waals surface area contributed by atoms with E-state index in [2.05, 4.69) is 10.1 Å². The van der Waals surface area contributed by atoms with Crippen molar-refractivity contribution < 1.29 is 22.7 Å². The van der Waals surface area contributed by atoms with Crippen LogP contribution in [-0.2, 0) is 10.9 Å². The fourth-order valence-corrected chi connectivity index (χ4v) is 1.53. The Bertz CT molecular complexity index is 435. The van der Waals surface area contributed by atoms with Crippen molar-refractivity contribution in [3.05, 3.63) is 35.4 Å². The van der Waals surface area contributed by atoms with Gasteiger partial charge in [-0.25, -0.2) is 4.79 Å². The Morgan fingerprint density at radius 3 is 2.68 bits per heavy atom. The molecule has 1 atom stereocenters. The van der Waals surface area contributed by atoms with E-state index >= 15 is 0 Å². The van der Waals surface area contributed by atoms with Crippen LogP contribution in [0.1, 0.15) is 24.1 Å². The highest BCUT2D eigenvalue weighted by Gasteiger charge is 2.31. The Hall–Kier alpha value is -1.76. The van der Waals surface area contributed by atoms with E-state index < -0.39 is 23.9 Å². The third-order valence-corrected chi connectivity index (χ3v) is 2.42. The normalized spacial score (nSPS) is 12.9. The number of benzene rings is 1. The molecule has 0 bridgehead atoms. The smallest absolute Gasteiger partial charge is 0.416 e. The molecule has 1 aromatic rings. The molecular weight excluding hydrogens is 261 g/mol. The molecule has 106 valence electrons. The summed E-state index contributed by atoms with van der Waals surface area (Å²) in [5, 5.41) is 2.41. The third kappa shape index (κ3) is 4.44. The van der Waals surface area contributed by atoms with Gasteiger partial charge in [-0.05, 0) is 24.6 Å². The number of halogens is 3. The van der Waals surface area contributed by atoms with Gasteiger partial charge in [-0.3, -0.25) is 0 Å². The highest BCUT2D eigenvalue weighted by Crippen LogP contribution is 2.30. The molecule has 1 amide bonds. The number of carbonyl (C=O) groups excluding carboxylic acids is 1. The molecule has 0 heterocycles. The molecule has 0 aliphatic rings. The van der Waals surface area contributed by atoms with Crippen LogP contribution in [-0.4, -0.2) is 19.2 Å². The Balaban J connectivity index is 2.90. The van der Waals surface area contributed by atoms with Crippen molar-refractivity contribution in [3.8, 4) is 0 Å². The van der Waals surface area contributed by atoms with E-state index in [0.29, 0.717) is 0 Å². The molecule has 0 aliphatic heterocycles. The minimum Gasteiger partial charge on any atom is -0.450 e. The molecule has 0 fully saturated rings. The van der Waals surface area contributed by atoms with Crippen molar-refractivity contribution in [2.24, 2.45) is 5.73 Å². The molecule has 0 aromatic heterocycles. The van der Waals surface area contributed by atoms with E-state index in [1.807, 2.05) is 0 Å². The summed E-state index contributed by atoms with van der Waals surface area (Å²) in [6.45, 7) is 1.77. The first-order chi connectivity index (χ1) is 8.88. The molecule has 19 heavy (non-hydrogen) atoms. The lowest BCUT2D eigenvalue weighted by Gasteiger charge is -2.18. The van der Waals surface area contributed by atoms with E-state index in [1.165, 1.54) is 12.1 Å². The average molecular weight is 276 g/mol. The quantitative estimate of drug-likeness (QED) is 0.887. The van der Waals surface area contributed by atoms with Crippen LogP contribution in [0.3, 0.4) is 0 Å². The standard InChI is InChI=1S/C12H15F3N2O2/c1-2-19-11(18)17-10(7-16)8-4-3-5-9(6-8)12(13,14)15/h3-6,10H,2,7,16H2,1H3,(H,17,18). The Morgan fingerprint density at radius 1 is 1.47 bits per heavy atom. The van der Waals surface area contributed by atoms with Gasteiger partial charge in [0.15, 0.2) is 0 Å². The van der Waals surface area contributed by atoms with Crippen LogP contribution in [0.2, 0.25) is 0 Å². The van der Waals surface area contributed by atoms with Crippen LogP contribution in [0.25, 0.3) is 0 Å². The van der Waals surface area contributed by atoms with E-state index in [1.54, 1.807) is 6.92 Å². The molecule has 3 N–H and O–H groups in total. The van der Waals surface area contributed by atoms with Crippen molar-refractivity contribution in [1.29, 1.82) is 0 Å². The van der Waals surface area contributed by atoms with Gasteiger partial charge in [-0.1, -0.05) is 12.1 Å². The van der Waals surface area contributed by atoms with Crippen LogP contribution in [0, 0.1) is 0 Å². The highest BCUT2D eigenvalue weighted by molar-refractivity contribution is 5.67. The number of rotatable bonds is 4. The van der Waals surface area contributed by atoms with E-state index in [0.717, 1.165) is 12.1 Å². The number of amides is 1. The number of carbonyl (C=O) groups is 1. The summed E-state index contributed by atoms with van der Waals surface area (Å²) in [6.07, 6.45) is -5.14. The number of nitrogens with two attached hydrogens (primary N) is 1. The molecule has 0 aliphatic carbocycles. The molecule has 0 saturated heterocycles. The highest BCUT2D eigenvalue weighted by atomic mass is 19.4. The number of ether oxygens (including phenoxy) is 1. The summed E-state index contributed by atoms with van der Waals surface area (Å²) in [7, 11) is 0. The Kier molecular flexibility index (Phi) is 5.17. The van der Waals surface area contributed by atoms with Gasteiger partial charge in [0.05, 0.1) is 18.2 Å². The summed E-state index contributed by atoms with van der Waals surface area (Å²) >= 11 is 0. The van der Waals surface area contributed by atoms with Crippen molar-refractivity contribution in [3.63, 3.8) is 0 Å². The molecule has 1 unspecified atom stereocenters. The van der Waals surface area contributed by atoms with Crippen LogP contribution in [0.15, 0.2) is 24.3 Å². The first-order valence-electron chi connectivity index (χ1n) is 5.69. The summed E-state index contributed by atoms with van der Waals surface area (Å²) in [5.41, 5.74) is 4.96. The number of nitrogens with one attached hydrogen (secondary N) is 1. The van der Waals surface area contributed by atoms with Crippen molar-refractivity contribution >= 4 is 6.09 Å². The zero-order valence-corrected chi connectivity index (χ0v) is 10.3. The van der Waals surface area contributed by atoms with Crippen molar-refractivity contribution in [2.45, 2.75) is 19.1 Å². The summed E-state index contributed by atoms with van der Waals surface area (Å²) < 4.78 is 42.4. The summed E-state index contributed by atoms with van der Waals surface area (Å²) in [6, 6.07) is 3.94. The number of hydrogen-bond acceptors (Lipinski definition) is 3. The van der Waals surface area contributed by atoms with E-state index in [4.69, 9.17) is 5.73 Å². The monoisotopic (exact) mass is 276 g/mol. The van der Waals surface area contributed by atoms with Gasteiger partial charge in [-0.2, -0.15) is 13.2 Å². The molecule has 1 aromatic carbocycles. The minimum atomic E-state index is -4.43. The van der Waals surface area contributed by atoms with Gasteiger partial charge in [0.2, 0.25) is 0 Å². The third-order valence-electron chi connectivity index (χ3n) is 2.42. The second kappa shape index (κ2) is 6.42. The maximum atomic E-state index is 12.6. The lowest BCUT2D eigenvalue weighted by atomic mass is 10.0. The SMILES string of the molecule is CCOC(=O)NC(CN)c1cccc(C(F)(F)F)c1. The average Bonchev–Trinajstić information content (AvgIpc) is 2.35. The predicted octanol–water partition coefficient (Wildman–Crippen LogP) is 2.45. The fourth-order valence-electron chi connectivity index (χ4n) is 1.53. The van der Waals surface area contributed by atoms with E-state index in [-0.39, 0.29) is 18.7 Å². The van der Waals surface area contributed by atoms with Crippen molar-refractivity contribution in [2.75, 3.05) is 13.2 Å². The minimum absolute atomic E-state index is 0.0277. The Labute approximate surface area is 108 Å². The van der Waals surface area contributed by atoms with Crippen LogP contribution >= 0.6 is 0 Å². The van der Waals surface area contributed by atoms with Gasteiger partial charge < -0.3 is 15.8 Å². The van der Waals surface area contributed by atoms with E-state index in [9.17, 15) is 18.0 Å². The largest absolute Gasteiger partial charge is 0.450 e. The summed E-state index contributed by atoms with van der Waals surface area (Å²) in [4.78, 5) is 11.3. The second-order valence-electron chi connectivity index (χ2n) is 3.78. The number of alkyl halides is 3. The maximum absolute atomic E-state index is 12.6. The van der Waals surface area contributed by atoms with Crippen LogP contribution in [0.5, 0.6) is 0 Å². The maximum Gasteiger partial charge on any atom is 0.416 e. The topological polar surface area (TPSA) is 64.3 Å². The van der Waals surface area contributed by atoms with Crippen LogP contribution in [0.4, 0.5) is 18.0 Å². The molecular formula is C12H15F3N2O2. The first-order valence-corrected chi connectivity index (χ1v) is 5.69. The molecule has 4 nitrogen and oxygen atoms in total. The van der Waals surface area contributed by atoms with Gasteiger partial charge in [0.1, 0.15) is 0 Å². The van der Waals surface area contributed by atoms with Gasteiger partial charge in [-0.15, -0.1) is 0 Å². The zero-order chi connectivity index (χ0) is 14.5. The molecule has 7 heteroatoms. The second-order valence-corrected chi connectivity index (χ2v) is 3.78. The predicted molar refractivity (Wildman–Crippen MR) is 63.4 cm³/mol. The zero-order valence-electron chi connectivity index (χ0n) is 10.3. The number of alkyl carbamates (subject to hydrolysis) is 1.